The van der Waals surface area contributed by atoms with Gasteiger partial charge in [-0.1, -0.05) is 20.8 Å². The van der Waals surface area contributed by atoms with E-state index in [-0.39, 0.29) is 11.2 Å². The fraction of sp³-hybridized carbons (Fsp3) is 0.625. The fourth-order valence-corrected chi connectivity index (χ4v) is 1.59. The third-order valence-corrected chi connectivity index (χ3v) is 3.61. The highest BCUT2D eigenvalue weighted by molar-refractivity contribution is 6.30. The van der Waals surface area contributed by atoms with Crippen LogP contribution < -0.4 is 4.74 Å². The third-order valence-electron chi connectivity index (χ3n) is 3.61. The van der Waals surface area contributed by atoms with Crippen LogP contribution in [-0.4, -0.2) is 43.8 Å². The Balaban J connectivity index is 0.00000108. The highest BCUT2D eigenvalue weighted by Crippen LogP contribution is 2.37. The minimum atomic E-state index is -2.17. The van der Waals surface area contributed by atoms with Gasteiger partial charge in [-0.25, -0.2) is 0 Å². The summed E-state index contributed by atoms with van der Waals surface area (Å²) < 4.78 is 6.02. The van der Waals surface area contributed by atoms with Crippen molar-refractivity contribution in [1.29, 1.82) is 0 Å². The number of ether oxygens (including phenoxy) is 1. The van der Waals surface area contributed by atoms with Gasteiger partial charge in [0.25, 0.3) is 0 Å². The van der Waals surface area contributed by atoms with Gasteiger partial charge in [-0.15, -0.1) is 0 Å². The van der Waals surface area contributed by atoms with Crippen LogP contribution >= 0.6 is 0 Å². The van der Waals surface area contributed by atoms with E-state index in [1.807, 2.05) is 13.8 Å². The highest BCUT2D eigenvalue weighted by Gasteiger charge is 2.38. The van der Waals surface area contributed by atoms with Crippen LogP contribution in [0.1, 0.15) is 54.0 Å². The fourth-order valence-electron chi connectivity index (χ4n) is 1.59. The third kappa shape index (κ3) is 7.22. The molecule has 1 aromatic carbocycles. The smallest absolute Gasteiger partial charge is 0.508 e. The second kappa shape index (κ2) is 7.53. The maximum absolute atomic E-state index is 10.2. The molecule has 1 aromatic rings. The molecule has 0 aromatic heterocycles. The molecule has 1 rings (SSSR count). The summed E-state index contributed by atoms with van der Waals surface area (Å²) in [6, 6.07) is 5.07. The number of aromatic hydroxyl groups is 1. The summed E-state index contributed by atoms with van der Waals surface area (Å²) in [5, 5.41) is 41.3. The standard InChI is InChI=1S/C16H26O3.BH3O3/c1-14(2,3)12-10-11(17)8-9-13(12)19-16(6,7)15(4,5)18;2-1(3)4/h8-10,17-18H,1-7H3;2-4H. The summed E-state index contributed by atoms with van der Waals surface area (Å²) in [4.78, 5) is 0. The lowest BCUT2D eigenvalue weighted by Crippen LogP contribution is -2.49. The van der Waals surface area contributed by atoms with Crippen molar-refractivity contribution in [3.63, 3.8) is 0 Å². The molecule has 0 aliphatic heterocycles. The van der Waals surface area contributed by atoms with Crippen molar-refractivity contribution in [2.24, 2.45) is 0 Å². The van der Waals surface area contributed by atoms with Gasteiger partial charge in [-0.05, 0) is 51.3 Å². The Morgan fingerprint density at radius 2 is 1.35 bits per heavy atom. The van der Waals surface area contributed by atoms with Gasteiger partial charge in [0, 0.05) is 5.56 Å². The molecule has 6 nitrogen and oxygen atoms in total. The topological polar surface area (TPSA) is 110 Å². The number of rotatable bonds is 3. The van der Waals surface area contributed by atoms with Crippen LogP contribution in [0.2, 0.25) is 0 Å². The van der Waals surface area contributed by atoms with E-state index in [2.05, 4.69) is 20.8 Å². The van der Waals surface area contributed by atoms with Crippen LogP contribution in [0.5, 0.6) is 11.5 Å². The predicted octanol–water partition coefficient (Wildman–Crippen LogP) is 1.57. The van der Waals surface area contributed by atoms with Crippen LogP contribution in [0.15, 0.2) is 18.2 Å². The van der Waals surface area contributed by atoms with Gasteiger partial charge in [-0.3, -0.25) is 0 Å². The van der Waals surface area contributed by atoms with Crippen LogP contribution in [0.3, 0.4) is 0 Å². The van der Waals surface area contributed by atoms with E-state index < -0.39 is 18.5 Å². The lowest BCUT2D eigenvalue weighted by molar-refractivity contribution is -0.0912. The molecule has 0 heterocycles. The van der Waals surface area contributed by atoms with Crippen molar-refractivity contribution < 1.29 is 30.0 Å². The van der Waals surface area contributed by atoms with Crippen molar-refractivity contribution >= 4 is 7.32 Å². The molecule has 0 radical (unpaired) electrons. The Morgan fingerprint density at radius 3 is 1.70 bits per heavy atom. The van der Waals surface area contributed by atoms with Crippen molar-refractivity contribution in [1.82, 2.24) is 0 Å². The second-order valence-electron chi connectivity index (χ2n) is 7.45. The Morgan fingerprint density at radius 1 is 0.913 bits per heavy atom. The summed E-state index contributed by atoms with van der Waals surface area (Å²) in [6.07, 6.45) is 0. The Labute approximate surface area is 138 Å². The molecule has 23 heavy (non-hydrogen) atoms. The van der Waals surface area contributed by atoms with Crippen LogP contribution in [-0.2, 0) is 5.41 Å². The lowest BCUT2D eigenvalue weighted by Gasteiger charge is -2.39. The molecular weight excluding hydrogens is 299 g/mol. The molecule has 0 bridgehead atoms. The quantitative estimate of drug-likeness (QED) is 0.539. The number of aliphatic hydroxyl groups is 1. The van der Waals surface area contributed by atoms with Gasteiger partial charge in [0.15, 0.2) is 0 Å². The molecule has 0 aliphatic carbocycles. The van der Waals surface area contributed by atoms with Crippen molar-refractivity contribution in [2.75, 3.05) is 0 Å². The Hall–Kier alpha value is -1.28. The monoisotopic (exact) mass is 328 g/mol. The van der Waals surface area contributed by atoms with Crippen LogP contribution in [0.25, 0.3) is 0 Å². The van der Waals surface area contributed by atoms with E-state index in [0.717, 1.165) is 5.56 Å². The first kappa shape index (κ1) is 21.7. The number of hydrogen-bond donors (Lipinski definition) is 5. The second-order valence-corrected chi connectivity index (χ2v) is 7.45. The van der Waals surface area contributed by atoms with E-state index in [1.165, 1.54) is 0 Å². The summed E-state index contributed by atoms with van der Waals surface area (Å²) in [5.41, 5.74) is -0.932. The number of phenols is 1. The molecule has 0 aliphatic rings. The minimum Gasteiger partial charge on any atom is -0.508 e. The van der Waals surface area contributed by atoms with Crippen LogP contribution in [0, 0.1) is 0 Å². The molecule has 5 N–H and O–H groups in total. The molecule has 7 heteroatoms. The molecule has 0 unspecified atom stereocenters. The zero-order valence-electron chi connectivity index (χ0n) is 15.0. The van der Waals surface area contributed by atoms with E-state index in [1.54, 1.807) is 32.0 Å². The Kier molecular flexibility index (Phi) is 7.11. The largest absolute Gasteiger partial charge is 0.631 e. The molecule has 0 fully saturated rings. The zero-order chi connectivity index (χ0) is 18.6. The van der Waals surface area contributed by atoms with E-state index in [0.29, 0.717) is 5.75 Å². The maximum Gasteiger partial charge on any atom is 0.631 e. The molecule has 0 saturated heterocycles. The highest BCUT2D eigenvalue weighted by atomic mass is 16.5. The van der Waals surface area contributed by atoms with Crippen molar-refractivity contribution in [2.45, 2.75) is 65.1 Å². The van der Waals surface area contributed by atoms with Gasteiger partial charge >= 0.3 is 7.32 Å². The molecule has 0 amide bonds. The predicted molar refractivity (Wildman–Crippen MR) is 90.2 cm³/mol. The summed E-state index contributed by atoms with van der Waals surface area (Å²) in [5.74, 6) is 0.913. The van der Waals surface area contributed by atoms with Gasteiger partial charge in [-0.2, -0.15) is 0 Å². The SMILES string of the molecule is CC(C)(C)c1cc(O)ccc1OC(C)(C)C(C)(C)O.OB(O)O. The summed E-state index contributed by atoms with van der Waals surface area (Å²) in [6.45, 7) is 13.3. The van der Waals surface area contributed by atoms with Gasteiger partial charge in [0.2, 0.25) is 0 Å². The molecule has 0 spiro atoms. The number of hydrogen-bond acceptors (Lipinski definition) is 6. The van der Waals surface area contributed by atoms with Gasteiger partial charge in [0.05, 0.1) is 5.60 Å². The first-order valence-electron chi connectivity index (χ1n) is 7.37. The average molecular weight is 328 g/mol. The summed E-state index contributed by atoms with van der Waals surface area (Å²) >= 11 is 0. The van der Waals surface area contributed by atoms with E-state index in [4.69, 9.17) is 19.8 Å². The number of benzene rings is 1. The van der Waals surface area contributed by atoms with Crippen LogP contribution in [0.4, 0.5) is 0 Å². The van der Waals surface area contributed by atoms with Gasteiger partial charge in [0.1, 0.15) is 17.1 Å². The Bertz CT molecular complexity index is 498. The molecular formula is C16H29BO6. The molecule has 0 atom stereocenters. The maximum atomic E-state index is 10.2. The minimum absolute atomic E-state index is 0.149. The first-order valence-corrected chi connectivity index (χ1v) is 7.37. The zero-order valence-corrected chi connectivity index (χ0v) is 15.0. The van der Waals surface area contributed by atoms with E-state index >= 15 is 0 Å². The normalized spacial score (nSPS) is 12.3. The van der Waals surface area contributed by atoms with Crippen molar-refractivity contribution in [3.05, 3.63) is 23.8 Å². The number of phenolic OH excluding ortho intramolecular Hbond substituents is 1. The average Bonchev–Trinajstić information content (AvgIpc) is 2.27. The van der Waals surface area contributed by atoms with Crippen molar-refractivity contribution in [3.8, 4) is 11.5 Å². The first-order chi connectivity index (χ1) is 10.1. The van der Waals surface area contributed by atoms with E-state index in [9.17, 15) is 10.2 Å². The molecule has 132 valence electrons. The lowest BCUT2D eigenvalue weighted by atomic mass is 9.85. The summed E-state index contributed by atoms with van der Waals surface area (Å²) in [7, 11) is -2.17. The van der Waals surface area contributed by atoms with Gasteiger partial charge < -0.3 is 30.0 Å². The molecule has 0 saturated carbocycles.